The van der Waals surface area contributed by atoms with E-state index in [9.17, 15) is 4.79 Å². The molecule has 1 aromatic carbocycles. The molecule has 0 fully saturated rings. The first-order chi connectivity index (χ1) is 9.56. The van der Waals surface area contributed by atoms with Crippen LogP contribution in [0.5, 0.6) is 5.75 Å². The van der Waals surface area contributed by atoms with Gasteiger partial charge in [0.1, 0.15) is 5.75 Å². The molecule has 112 valence electrons. The van der Waals surface area contributed by atoms with Crippen LogP contribution in [0, 0.1) is 0 Å². The van der Waals surface area contributed by atoms with Crippen molar-refractivity contribution < 1.29 is 9.53 Å². The number of rotatable bonds is 8. The van der Waals surface area contributed by atoms with Crippen molar-refractivity contribution in [3.63, 3.8) is 0 Å². The molecule has 5 heteroatoms. The number of methoxy groups -OCH3 is 1. The Morgan fingerprint density at radius 3 is 2.50 bits per heavy atom. The smallest absolute Gasteiger partial charge is 0.233 e. The third kappa shape index (κ3) is 5.84. The molecule has 1 rings (SSSR count). The Labute approximate surface area is 125 Å². The Hall–Kier alpha value is -1.20. The van der Waals surface area contributed by atoms with Crippen LogP contribution in [0.3, 0.4) is 0 Å². The van der Waals surface area contributed by atoms with Gasteiger partial charge >= 0.3 is 0 Å². The number of likely N-dealkylation sites (N-methyl/N-ethyl adjacent to an activating group) is 1. The maximum Gasteiger partial charge on any atom is 0.233 e. The maximum absolute atomic E-state index is 12.0. The van der Waals surface area contributed by atoms with Crippen LogP contribution in [-0.4, -0.2) is 37.4 Å². The van der Waals surface area contributed by atoms with Gasteiger partial charge < -0.3 is 15.4 Å². The van der Waals surface area contributed by atoms with Gasteiger partial charge in [0.2, 0.25) is 5.91 Å². The van der Waals surface area contributed by atoms with Gasteiger partial charge in [-0.2, -0.15) is 0 Å². The predicted octanol–water partition coefficient (Wildman–Crippen LogP) is 2.29. The zero-order chi connectivity index (χ0) is 15.0. The summed E-state index contributed by atoms with van der Waals surface area (Å²) in [7, 11) is 1.64. The number of hydrogen-bond donors (Lipinski definition) is 2. The SMILES string of the molecule is CCN[C@H](C)CNC(=O)C(C)Sc1ccc(OC)cc1. The van der Waals surface area contributed by atoms with Crippen LogP contribution in [0.1, 0.15) is 20.8 Å². The van der Waals surface area contributed by atoms with Crippen molar-refractivity contribution in [2.45, 2.75) is 37.0 Å². The van der Waals surface area contributed by atoms with Crippen molar-refractivity contribution >= 4 is 17.7 Å². The van der Waals surface area contributed by atoms with Crippen molar-refractivity contribution in [3.8, 4) is 5.75 Å². The van der Waals surface area contributed by atoms with E-state index < -0.39 is 0 Å². The Bertz CT molecular complexity index is 409. The van der Waals surface area contributed by atoms with Gasteiger partial charge in [-0.1, -0.05) is 6.92 Å². The number of hydrogen-bond acceptors (Lipinski definition) is 4. The van der Waals surface area contributed by atoms with E-state index in [0.29, 0.717) is 12.6 Å². The van der Waals surface area contributed by atoms with E-state index in [0.717, 1.165) is 17.2 Å². The summed E-state index contributed by atoms with van der Waals surface area (Å²) < 4.78 is 5.11. The molecule has 1 aromatic rings. The van der Waals surface area contributed by atoms with Crippen molar-refractivity contribution in [3.05, 3.63) is 24.3 Å². The van der Waals surface area contributed by atoms with Crippen LogP contribution in [0.25, 0.3) is 0 Å². The molecule has 0 spiro atoms. The minimum Gasteiger partial charge on any atom is -0.497 e. The van der Waals surface area contributed by atoms with Crippen LogP contribution in [0.4, 0.5) is 0 Å². The monoisotopic (exact) mass is 296 g/mol. The minimum atomic E-state index is -0.114. The summed E-state index contributed by atoms with van der Waals surface area (Å²) in [6, 6.07) is 8.03. The molecule has 0 aliphatic carbocycles. The fourth-order valence-corrected chi connectivity index (χ4v) is 2.62. The summed E-state index contributed by atoms with van der Waals surface area (Å²) in [5.74, 6) is 0.890. The van der Waals surface area contributed by atoms with Gasteiger partial charge in [0.05, 0.1) is 12.4 Å². The molecule has 0 radical (unpaired) electrons. The van der Waals surface area contributed by atoms with Crippen molar-refractivity contribution in [2.75, 3.05) is 20.2 Å². The zero-order valence-corrected chi connectivity index (χ0v) is 13.4. The summed E-state index contributed by atoms with van der Waals surface area (Å²) >= 11 is 1.55. The average molecular weight is 296 g/mol. The molecule has 0 saturated carbocycles. The number of carbonyl (C=O) groups is 1. The lowest BCUT2D eigenvalue weighted by Crippen LogP contribution is -2.41. The van der Waals surface area contributed by atoms with Crippen LogP contribution < -0.4 is 15.4 Å². The third-order valence-corrected chi connectivity index (χ3v) is 3.99. The summed E-state index contributed by atoms with van der Waals surface area (Å²) in [4.78, 5) is 13.1. The molecular formula is C15H24N2O2S. The first-order valence-corrected chi connectivity index (χ1v) is 7.76. The Kier molecular flexibility index (Phi) is 7.47. The lowest BCUT2D eigenvalue weighted by Gasteiger charge is -2.16. The Morgan fingerprint density at radius 1 is 1.30 bits per heavy atom. The maximum atomic E-state index is 12.0. The fourth-order valence-electron chi connectivity index (χ4n) is 1.73. The van der Waals surface area contributed by atoms with E-state index in [1.54, 1.807) is 18.9 Å². The number of benzene rings is 1. The highest BCUT2D eigenvalue weighted by Gasteiger charge is 2.14. The first-order valence-electron chi connectivity index (χ1n) is 6.88. The number of amides is 1. The van der Waals surface area contributed by atoms with Gasteiger partial charge in [0, 0.05) is 17.5 Å². The van der Waals surface area contributed by atoms with Crippen molar-refractivity contribution in [1.82, 2.24) is 10.6 Å². The van der Waals surface area contributed by atoms with Crippen LogP contribution >= 0.6 is 11.8 Å². The Balaban J connectivity index is 2.40. The Morgan fingerprint density at radius 2 is 1.95 bits per heavy atom. The largest absolute Gasteiger partial charge is 0.497 e. The highest BCUT2D eigenvalue weighted by Crippen LogP contribution is 2.25. The van der Waals surface area contributed by atoms with Gasteiger partial charge in [-0.25, -0.2) is 0 Å². The second-order valence-electron chi connectivity index (χ2n) is 4.64. The molecule has 1 amide bonds. The van der Waals surface area contributed by atoms with E-state index in [1.807, 2.05) is 31.2 Å². The second-order valence-corrected chi connectivity index (χ2v) is 6.05. The summed E-state index contributed by atoms with van der Waals surface area (Å²) in [5.41, 5.74) is 0. The van der Waals surface area contributed by atoms with E-state index in [1.165, 1.54) is 0 Å². The number of ether oxygens (including phenoxy) is 1. The third-order valence-electron chi connectivity index (χ3n) is 2.88. The van der Waals surface area contributed by atoms with Crippen LogP contribution in [-0.2, 0) is 4.79 Å². The van der Waals surface area contributed by atoms with Gasteiger partial charge in [-0.15, -0.1) is 11.8 Å². The van der Waals surface area contributed by atoms with Gasteiger partial charge in [0.25, 0.3) is 0 Å². The minimum absolute atomic E-state index is 0.0653. The number of carbonyl (C=O) groups excluding carboxylic acids is 1. The van der Waals surface area contributed by atoms with Crippen molar-refractivity contribution in [1.29, 1.82) is 0 Å². The predicted molar refractivity (Wildman–Crippen MR) is 84.5 cm³/mol. The lowest BCUT2D eigenvalue weighted by molar-refractivity contribution is -0.120. The van der Waals surface area contributed by atoms with Gasteiger partial charge in [-0.05, 0) is 44.7 Å². The molecule has 20 heavy (non-hydrogen) atoms. The molecular weight excluding hydrogens is 272 g/mol. The van der Waals surface area contributed by atoms with Crippen LogP contribution in [0.2, 0.25) is 0 Å². The standard InChI is InChI=1S/C15H24N2O2S/c1-5-16-11(2)10-17-15(18)12(3)20-14-8-6-13(19-4)7-9-14/h6-9,11-12,16H,5,10H2,1-4H3,(H,17,18)/t11-,12?/m1/s1. The number of nitrogens with one attached hydrogen (secondary N) is 2. The van der Waals surface area contributed by atoms with Gasteiger partial charge in [-0.3, -0.25) is 4.79 Å². The first kappa shape index (κ1) is 16.9. The summed E-state index contributed by atoms with van der Waals surface area (Å²) in [5, 5.41) is 6.12. The summed E-state index contributed by atoms with van der Waals surface area (Å²) in [6.45, 7) is 7.60. The van der Waals surface area contributed by atoms with Gasteiger partial charge in [0.15, 0.2) is 0 Å². The summed E-state index contributed by atoms with van der Waals surface area (Å²) in [6.07, 6.45) is 0. The molecule has 0 aromatic heterocycles. The van der Waals surface area contributed by atoms with E-state index in [-0.39, 0.29) is 11.2 Å². The molecule has 0 aliphatic rings. The second kappa shape index (κ2) is 8.87. The van der Waals surface area contributed by atoms with E-state index in [2.05, 4.69) is 24.5 Å². The van der Waals surface area contributed by atoms with Crippen molar-refractivity contribution in [2.24, 2.45) is 0 Å². The lowest BCUT2D eigenvalue weighted by atomic mass is 10.3. The topological polar surface area (TPSA) is 50.4 Å². The van der Waals surface area contributed by atoms with Crippen LogP contribution in [0.15, 0.2) is 29.2 Å². The molecule has 0 heterocycles. The molecule has 0 aliphatic heterocycles. The highest BCUT2D eigenvalue weighted by atomic mass is 32.2. The fraction of sp³-hybridized carbons (Fsp3) is 0.533. The van der Waals surface area contributed by atoms with E-state index >= 15 is 0 Å². The highest BCUT2D eigenvalue weighted by molar-refractivity contribution is 8.00. The van der Waals surface area contributed by atoms with E-state index in [4.69, 9.17) is 4.74 Å². The molecule has 1 unspecified atom stereocenters. The molecule has 2 N–H and O–H groups in total. The zero-order valence-electron chi connectivity index (χ0n) is 12.6. The molecule has 0 saturated heterocycles. The normalized spacial score (nSPS) is 13.6. The average Bonchev–Trinajstić information content (AvgIpc) is 2.45. The number of thioether (sulfide) groups is 1. The molecule has 4 nitrogen and oxygen atoms in total. The molecule has 2 atom stereocenters. The quantitative estimate of drug-likeness (QED) is 0.723. The molecule has 0 bridgehead atoms.